The maximum atomic E-state index is 10.8. The van der Waals surface area contributed by atoms with Gasteiger partial charge in [-0.05, 0) is 31.9 Å². The summed E-state index contributed by atoms with van der Waals surface area (Å²) in [4.78, 5) is 19.4. The number of hydroxylamine groups is 1. The minimum atomic E-state index is -0.319. The first-order valence-electron chi connectivity index (χ1n) is 7.59. The Morgan fingerprint density at radius 1 is 1.18 bits per heavy atom. The number of nitrogens with one attached hydrogen (secondary N) is 2. The van der Waals surface area contributed by atoms with Crippen LogP contribution in [-0.2, 0) is 4.79 Å². The minimum Gasteiger partial charge on any atom is -0.369 e. The van der Waals surface area contributed by atoms with Crippen LogP contribution in [0.5, 0.6) is 0 Å². The Kier molecular flexibility index (Phi) is 6.09. The maximum absolute atomic E-state index is 10.8. The third-order valence-electron chi connectivity index (χ3n) is 3.54. The van der Waals surface area contributed by atoms with Crippen molar-refractivity contribution in [2.45, 2.75) is 39.0 Å². The molecule has 1 heterocycles. The zero-order chi connectivity index (χ0) is 15.8. The fourth-order valence-corrected chi connectivity index (χ4v) is 2.34. The molecule has 0 aliphatic heterocycles. The molecule has 1 aromatic heterocycles. The molecule has 3 N–H and O–H groups in total. The molecule has 0 spiro atoms. The number of carbonyl (C=O) groups excluding carboxylic acids is 1. The van der Waals surface area contributed by atoms with Crippen molar-refractivity contribution in [2.75, 3.05) is 11.9 Å². The van der Waals surface area contributed by atoms with Gasteiger partial charge in [0.05, 0.1) is 5.52 Å². The lowest BCUT2D eigenvalue weighted by Crippen LogP contribution is -2.17. The van der Waals surface area contributed by atoms with Crippen molar-refractivity contribution in [2.24, 2.45) is 0 Å². The zero-order valence-corrected chi connectivity index (χ0v) is 12.8. The highest BCUT2D eigenvalue weighted by Crippen LogP contribution is 2.20. The summed E-state index contributed by atoms with van der Waals surface area (Å²) < 4.78 is 0. The zero-order valence-electron chi connectivity index (χ0n) is 12.8. The standard InChI is InChI=1S/C16H22N4O2/c1-12-7-8-14-13(10-12)16(19-11-18-14)17-9-5-3-2-4-6-15(21)20-22/h7-8,10-11,22H,2-6,9H2,1H3,(H,20,21)(H,17,18,19). The van der Waals surface area contributed by atoms with E-state index in [0.29, 0.717) is 6.42 Å². The first-order valence-corrected chi connectivity index (χ1v) is 7.59. The Morgan fingerprint density at radius 2 is 2.00 bits per heavy atom. The number of hydrogen-bond acceptors (Lipinski definition) is 5. The van der Waals surface area contributed by atoms with Crippen LogP contribution in [0.1, 0.15) is 37.7 Å². The third-order valence-corrected chi connectivity index (χ3v) is 3.54. The Bertz CT molecular complexity index is 631. The number of benzene rings is 1. The molecule has 2 aromatic rings. The Morgan fingerprint density at radius 3 is 2.82 bits per heavy atom. The molecular weight excluding hydrogens is 280 g/mol. The van der Waals surface area contributed by atoms with Gasteiger partial charge in [0.15, 0.2) is 0 Å². The summed E-state index contributed by atoms with van der Waals surface area (Å²) in [6.07, 6.45) is 5.76. The van der Waals surface area contributed by atoms with E-state index < -0.39 is 0 Å². The molecule has 1 amide bonds. The summed E-state index contributed by atoms with van der Waals surface area (Å²) in [6.45, 7) is 2.89. The molecule has 0 unspecified atom stereocenters. The Hall–Kier alpha value is -2.21. The molecule has 0 bridgehead atoms. The number of aryl methyl sites for hydroxylation is 1. The maximum Gasteiger partial charge on any atom is 0.243 e. The van der Waals surface area contributed by atoms with Gasteiger partial charge in [0, 0.05) is 18.4 Å². The SMILES string of the molecule is Cc1ccc2ncnc(NCCCCCCC(=O)NO)c2c1. The van der Waals surface area contributed by atoms with Crippen LogP contribution in [0, 0.1) is 6.92 Å². The topological polar surface area (TPSA) is 87.1 Å². The molecule has 0 saturated heterocycles. The molecule has 0 atom stereocenters. The van der Waals surface area contributed by atoms with E-state index >= 15 is 0 Å². The summed E-state index contributed by atoms with van der Waals surface area (Å²) in [5, 5.41) is 12.8. The van der Waals surface area contributed by atoms with Crippen LogP contribution in [0.2, 0.25) is 0 Å². The quantitative estimate of drug-likeness (QED) is 0.396. The molecule has 0 aliphatic carbocycles. The highest BCUT2D eigenvalue weighted by Gasteiger charge is 2.03. The largest absolute Gasteiger partial charge is 0.369 e. The molecule has 6 nitrogen and oxygen atoms in total. The van der Waals surface area contributed by atoms with Crippen molar-refractivity contribution < 1.29 is 10.0 Å². The van der Waals surface area contributed by atoms with Gasteiger partial charge in [0.2, 0.25) is 5.91 Å². The van der Waals surface area contributed by atoms with E-state index in [1.807, 2.05) is 12.1 Å². The van der Waals surface area contributed by atoms with E-state index in [9.17, 15) is 4.79 Å². The van der Waals surface area contributed by atoms with Crippen LogP contribution in [0.3, 0.4) is 0 Å². The van der Waals surface area contributed by atoms with Gasteiger partial charge in [-0.3, -0.25) is 10.0 Å². The molecule has 22 heavy (non-hydrogen) atoms. The smallest absolute Gasteiger partial charge is 0.243 e. The van der Waals surface area contributed by atoms with Gasteiger partial charge in [0.1, 0.15) is 12.1 Å². The Labute approximate surface area is 129 Å². The van der Waals surface area contributed by atoms with E-state index in [0.717, 1.165) is 48.9 Å². The van der Waals surface area contributed by atoms with E-state index in [-0.39, 0.29) is 5.91 Å². The second kappa shape index (κ2) is 8.29. The third kappa shape index (κ3) is 4.66. The predicted molar refractivity (Wildman–Crippen MR) is 85.8 cm³/mol. The van der Waals surface area contributed by atoms with Gasteiger partial charge in [-0.2, -0.15) is 0 Å². The lowest BCUT2D eigenvalue weighted by Gasteiger charge is -2.08. The number of carbonyl (C=O) groups is 1. The molecule has 118 valence electrons. The number of fused-ring (bicyclic) bond motifs is 1. The number of rotatable bonds is 8. The van der Waals surface area contributed by atoms with Crippen LogP contribution >= 0.6 is 0 Å². The Balaban J connectivity index is 1.76. The van der Waals surface area contributed by atoms with E-state index in [1.54, 1.807) is 11.8 Å². The number of amides is 1. The second-order valence-electron chi connectivity index (χ2n) is 5.37. The number of unbranched alkanes of at least 4 members (excludes halogenated alkanes) is 3. The summed E-state index contributed by atoms with van der Waals surface area (Å²) in [5.74, 6) is 0.550. The van der Waals surface area contributed by atoms with Gasteiger partial charge >= 0.3 is 0 Å². The van der Waals surface area contributed by atoms with Crippen molar-refractivity contribution in [3.05, 3.63) is 30.1 Å². The van der Waals surface area contributed by atoms with Crippen LogP contribution in [0.25, 0.3) is 10.9 Å². The summed E-state index contributed by atoms with van der Waals surface area (Å²) in [5.41, 5.74) is 3.77. The van der Waals surface area contributed by atoms with Gasteiger partial charge in [0.25, 0.3) is 0 Å². The van der Waals surface area contributed by atoms with Crippen LogP contribution in [0.4, 0.5) is 5.82 Å². The minimum absolute atomic E-state index is 0.319. The average Bonchev–Trinajstić information content (AvgIpc) is 2.53. The van der Waals surface area contributed by atoms with Crippen molar-refractivity contribution in [1.29, 1.82) is 0 Å². The number of hydrogen-bond donors (Lipinski definition) is 3. The van der Waals surface area contributed by atoms with Crippen molar-refractivity contribution in [3.63, 3.8) is 0 Å². The molecule has 0 radical (unpaired) electrons. The highest BCUT2D eigenvalue weighted by atomic mass is 16.5. The monoisotopic (exact) mass is 302 g/mol. The summed E-state index contributed by atoms with van der Waals surface area (Å²) in [6, 6.07) is 6.14. The predicted octanol–water partition coefficient (Wildman–Crippen LogP) is 2.81. The van der Waals surface area contributed by atoms with E-state index in [2.05, 4.69) is 28.3 Å². The molecular formula is C16H22N4O2. The lowest BCUT2D eigenvalue weighted by molar-refractivity contribution is -0.129. The van der Waals surface area contributed by atoms with Crippen molar-refractivity contribution >= 4 is 22.6 Å². The van der Waals surface area contributed by atoms with Gasteiger partial charge in [-0.15, -0.1) is 0 Å². The van der Waals surface area contributed by atoms with E-state index in [4.69, 9.17) is 5.21 Å². The lowest BCUT2D eigenvalue weighted by atomic mass is 10.1. The van der Waals surface area contributed by atoms with Crippen LogP contribution < -0.4 is 10.8 Å². The van der Waals surface area contributed by atoms with Gasteiger partial charge in [-0.1, -0.05) is 24.5 Å². The van der Waals surface area contributed by atoms with Crippen molar-refractivity contribution in [3.8, 4) is 0 Å². The highest BCUT2D eigenvalue weighted by molar-refractivity contribution is 5.89. The molecule has 6 heteroatoms. The molecule has 1 aromatic carbocycles. The summed E-state index contributed by atoms with van der Waals surface area (Å²) in [7, 11) is 0. The number of nitrogens with zero attached hydrogens (tertiary/aromatic N) is 2. The first-order chi connectivity index (χ1) is 10.7. The summed E-state index contributed by atoms with van der Waals surface area (Å²) >= 11 is 0. The first kappa shape index (κ1) is 16.2. The number of aromatic nitrogens is 2. The van der Waals surface area contributed by atoms with Gasteiger partial charge < -0.3 is 5.32 Å². The fourth-order valence-electron chi connectivity index (χ4n) is 2.34. The molecule has 0 aliphatic rings. The van der Waals surface area contributed by atoms with Crippen LogP contribution in [0.15, 0.2) is 24.5 Å². The fraction of sp³-hybridized carbons (Fsp3) is 0.438. The average molecular weight is 302 g/mol. The molecule has 2 rings (SSSR count). The van der Waals surface area contributed by atoms with Crippen molar-refractivity contribution in [1.82, 2.24) is 15.4 Å². The second-order valence-corrected chi connectivity index (χ2v) is 5.37. The molecule has 0 fully saturated rings. The van der Waals surface area contributed by atoms with E-state index in [1.165, 1.54) is 5.56 Å². The van der Waals surface area contributed by atoms with Gasteiger partial charge in [-0.25, -0.2) is 15.4 Å². The normalized spacial score (nSPS) is 10.6. The number of anilines is 1. The molecule has 0 saturated carbocycles. The van der Waals surface area contributed by atoms with Crippen LogP contribution in [-0.4, -0.2) is 27.6 Å².